The lowest BCUT2D eigenvalue weighted by molar-refractivity contribution is -0.344. The number of hydrogen-bond acceptors (Lipinski definition) is 18. The number of esters is 1. The third-order valence-electron chi connectivity index (χ3n) is 11.0. The number of methoxy groups -OCH3 is 2. The van der Waals surface area contributed by atoms with E-state index in [4.69, 9.17) is 53.6 Å². The fourth-order valence-corrected chi connectivity index (χ4v) is 7.60. The molecule has 0 aliphatic carbocycles. The summed E-state index contributed by atoms with van der Waals surface area (Å²) in [6.07, 6.45) is -6.76. The van der Waals surface area contributed by atoms with E-state index in [0.29, 0.717) is 12.8 Å². The minimum Gasteiger partial charge on any atom is -0.479 e. The predicted octanol–water partition coefficient (Wildman–Crippen LogP) is -0.829. The second-order valence-electron chi connectivity index (χ2n) is 16.2. The highest BCUT2D eigenvalue weighted by atomic mass is 16.7. The Morgan fingerprint density at radius 1 is 0.917 bits per heavy atom. The monoisotopic (exact) mass is 867 g/mol. The molecule has 0 aromatic carbocycles. The molecular weight excluding hydrogens is 798 g/mol. The number of aliphatic hydroxyl groups is 7. The van der Waals surface area contributed by atoms with Gasteiger partial charge in [0.2, 0.25) is 0 Å². The van der Waals surface area contributed by atoms with Crippen molar-refractivity contribution in [3.8, 4) is 0 Å². The molecule has 2 saturated heterocycles. The zero-order chi connectivity index (χ0) is 45.6. The number of carbonyl (C=O) groups excluding carboxylic acids is 1. The Morgan fingerprint density at radius 2 is 1.53 bits per heavy atom. The predicted molar refractivity (Wildman–Crippen MR) is 210 cm³/mol. The molecule has 0 aromatic rings. The average Bonchev–Trinajstić information content (AvgIpc) is 3.16. The highest BCUT2D eigenvalue weighted by molar-refractivity contribution is 5.83. The van der Waals surface area contributed by atoms with Crippen LogP contribution >= 0.6 is 0 Å². The number of rotatable bonds is 12. The van der Waals surface area contributed by atoms with Gasteiger partial charge in [0.25, 0.3) is 0 Å². The highest BCUT2D eigenvalue weighted by Crippen LogP contribution is 2.37. The van der Waals surface area contributed by atoms with Crippen molar-refractivity contribution < 1.29 is 93.5 Å². The average molecular weight is 868 g/mol. The molecule has 2 fully saturated rings. The van der Waals surface area contributed by atoms with Crippen molar-refractivity contribution in [2.24, 2.45) is 11.8 Å². The molecule has 18 atom stereocenters. The van der Waals surface area contributed by atoms with Gasteiger partial charge in [0.1, 0.15) is 30.5 Å². The van der Waals surface area contributed by atoms with Crippen LogP contribution in [0.5, 0.6) is 0 Å². The quantitative estimate of drug-likeness (QED) is 0.108. The number of hydrogen-bond donors (Lipinski definition) is 9. The van der Waals surface area contributed by atoms with Crippen molar-refractivity contribution in [1.29, 1.82) is 0 Å². The normalized spacial score (nSPS) is 40.6. The number of cyclic esters (lactones) is 1. The van der Waals surface area contributed by atoms with Gasteiger partial charge in [-0.15, -0.1) is 0 Å². The van der Waals surface area contributed by atoms with Gasteiger partial charge in [0, 0.05) is 33.7 Å². The van der Waals surface area contributed by atoms with Crippen LogP contribution in [0.15, 0.2) is 24.3 Å². The standard InChI is InChI=1S/C36H63NO13.C4H6O6/c1-20-17-24(15-16-38)32(33(45-9)26(44-8)18-27(40)46-21(2)13-11-10-12-14-25(20)39)50-35-30(41)29(37(6)7)31(22(3)48-35)49-28-19-36(5,43)34(42)23(4)47-28;5-1(3(7)8)2(6)4(9)10/h10-12,14,20-26,28-35,38-39,41-43H,13,15-19H2,1-9H3;1-2,5-6H,(H,7,8)(H,9,10)/b11-10+,14-12+;/t20-,21-,22+,23+,24?,25?,26?,28?,29+,30?,31?,32?,33?,34?,35-,36+;1-,2-/m01/s1. The summed E-state index contributed by atoms with van der Waals surface area (Å²) >= 11 is 0. The number of aliphatic carboxylic acids is 2. The first-order valence-corrected chi connectivity index (χ1v) is 20.1. The number of carboxylic acid groups (broad SMARTS) is 2. The van der Waals surface area contributed by atoms with Gasteiger partial charge >= 0.3 is 17.9 Å². The smallest absolute Gasteiger partial charge is 0.335 e. The maximum absolute atomic E-state index is 13.1. The van der Waals surface area contributed by atoms with Crippen LogP contribution in [0.1, 0.15) is 66.7 Å². The number of carbonyl (C=O) groups is 3. The van der Waals surface area contributed by atoms with Crippen LogP contribution in [0.4, 0.5) is 0 Å². The maximum atomic E-state index is 13.1. The number of nitrogens with zero attached hydrogens (tertiary/aromatic N) is 1. The van der Waals surface area contributed by atoms with E-state index in [1.165, 1.54) is 21.1 Å². The molecule has 0 aromatic heterocycles. The minimum absolute atomic E-state index is 0.00740. The number of carboxylic acids is 2. The van der Waals surface area contributed by atoms with E-state index in [0.717, 1.165) is 0 Å². The SMILES string of the molecule is COC1CC(=O)O[C@@H](C)C/C=C/C=C/C(O)[C@@H](C)CC(CCO)C(O[C@@H]2O[C@H](C)C(OC3C[C@@](C)(O)C(O)[C@@H](C)O3)[C@H](N(C)C)C2O)C1OC.O=C(O)[C@H](O)[C@@H](O)C(=O)O. The molecular formula is C40H69NO19. The number of ether oxygens (including phenoxy) is 7. The van der Waals surface area contributed by atoms with Crippen molar-refractivity contribution in [3.63, 3.8) is 0 Å². The van der Waals surface area contributed by atoms with E-state index in [2.05, 4.69) is 0 Å². The summed E-state index contributed by atoms with van der Waals surface area (Å²) in [6.45, 7) is 8.47. The lowest BCUT2D eigenvalue weighted by Gasteiger charge is -2.50. The minimum atomic E-state index is -2.27. The van der Waals surface area contributed by atoms with E-state index in [1.807, 2.05) is 13.0 Å². The molecule has 9 N–H and O–H groups in total. The van der Waals surface area contributed by atoms with Crippen LogP contribution in [-0.4, -0.2) is 201 Å². The molecule has 0 spiro atoms. The molecule has 20 nitrogen and oxygen atoms in total. The van der Waals surface area contributed by atoms with E-state index in [-0.39, 0.29) is 31.8 Å². The molecule has 3 rings (SSSR count). The molecule has 3 aliphatic rings. The Hall–Kier alpha value is -2.67. The zero-order valence-corrected chi connectivity index (χ0v) is 35.9. The molecule has 3 aliphatic heterocycles. The van der Waals surface area contributed by atoms with Gasteiger partial charge in [-0.3, -0.25) is 4.79 Å². The van der Waals surface area contributed by atoms with E-state index in [1.54, 1.807) is 58.0 Å². The van der Waals surface area contributed by atoms with Crippen LogP contribution < -0.4 is 0 Å². The molecule has 20 heteroatoms. The van der Waals surface area contributed by atoms with Crippen LogP contribution in [0.25, 0.3) is 0 Å². The second-order valence-corrected chi connectivity index (χ2v) is 16.2. The first-order chi connectivity index (χ1) is 28.0. The zero-order valence-electron chi connectivity index (χ0n) is 35.9. The summed E-state index contributed by atoms with van der Waals surface area (Å²) in [7, 11) is 6.53. The molecule has 0 radical (unpaired) electrons. The van der Waals surface area contributed by atoms with Crippen molar-refractivity contribution >= 4 is 17.9 Å². The molecule has 0 amide bonds. The molecule has 0 bridgehead atoms. The van der Waals surface area contributed by atoms with Gasteiger partial charge in [-0.25, -0.2) is 9.59 Å². The maximum Gasteiger partial charge on any atom is 0.335 e. The first-order valence-electron chi connectivity index (χ1n) is 20.1. The topological polar surface area (TPSA) is 301 Å². The Morgan fingerprint density at radius 3 is 2.05 bits per heavy atom. The van der Waals surface area contributed by atoms with E-state index < -0.39 is 121 Å². The highest BCUT2D eigenvalue weighted by Gasteiger charge is 2.52. The first kappa shape index (κ1) is 53.5. The Labute approximate surface area is 351 Å². The summed E-state index contributed by atoms with van der Waals surface area (Å²) in [4.78, 5) is 34.4. The van der Waals surface area contributed by atoms with Gasteiger partial charge in [0.15, 0.2) is 24.8 Å². The molecule has 0 saturated carbocycles. The van der Waals surface area contributed by atoms with E-state index in [9.17, 15) is 39.9 Å². The summed E-state index contributed by atoms with van der Waals surface area (Å²) < 4.78 is 42.7. The Bertz CT molecular complexity index is 1360. The fraction of sp³-hybridized carbons (Fsp3) is 0.825. The Balaban J connectivity index is 0.00000109. The second kappa shape index (κ2) is 24.8. The summed E-state index contributed by atoms with van der Waals surface area (Å²) in [6, 6.07) is -0.670. The third-order valence-corrected chi connectivity index (χ3v) is 11.0. The van der Waals surface area contributed by atoms with Gasteiger partial charge in [-0.1, -0.05) is 31.2 Å². The van der Waals surface area contributed by atoms with Crippen molar-refractivity contribution in [2.45, 2.75) is 164 Å². The van der Waals surface area contributed by atoms with Crippen LogP contribution in [0.3, 0.4) is 0 Å². The lowest BCUT2D eigenvalue weighted by atomic mass is 9.82. The van der Waals surface area contributed by atoms with Gasteiger partial charge < -0.3 is 84.0 Å². The van der Waals surface area contributed by atoms with Crippen molar-refractivity contribution in [2.75, 3.05) is 34.9 Å². The van der Waals surface area contributed by atoms with Crippen molar-refractivity contribution in [3.05, 3.63) is 24.3 Å². The largest absolute Gasteiger partial charge is 0.479 e. The summed E-state index contributed by atoms with van der Waals surface area (Å²) in [5.41, 5.74) is -1.44. The molecule has 60 heavy (non-hydrogen) atoms. The Kier molecular flexibility index (Phi) is 22.1. The van der Waals surface area contributed by atoms with Gasteiger partial charge in [-0.05, 0) is 66.5 Å². The molecule has 9 unspecified atom stereocenters. The van der Waals surface area contributed by atoms with Gasteiger partial charge in [-0.2, -0.15) is 0 Å². The van der Waals surface area contributed by atoms with Crippen LogP contribution in [0, 0.1) is 11.8 Å². The van der Waals surface area contributed by atoms with E-state index >= 15 is 0 Å². The van der Waals surface area contributed by atoms with Gasteiger partial charge in [0.05, 0.1) is 48.6 Å². The number of aliphatic hydroxyl groups excluding tert-OH is 6. The fourth-order valence-electron chi connectivity index (χ4n) is 7.60. The number of likely N-dealkylation sites (N-methyl/N-ethyl adjacent to an activating group) is 1. The molecule has 3 heterocycles. The van der Waals surface area contributed by atoms with Crippen LogP contribution in [0.2, 0.25) is 0 Å². The van der Waals surface area contributed by atoms with Crippen molar-refractivity contribution in [1.82, 2.24) is 4.90 Å². The summed E-state index contributed by atoms with van der Waals surface area (Å²) in [5.74, 6) is -4.73. The number of allylic oxidation sites excluding steroid dienone is 2. The van der Waals surface area contributed by atoms with Crippen LogP contribution in [-0.2, 0) is 47.5 Å². The molecule has 348 valence electrons. The third kappa shape index (κ3) is 15.3. The summed E-state index contributed by atoms with van der Waals surface area (Å²) in [5, 5.41) is 86.9. The lowest BCUT2D eigenvalue weighted by Crippen LogP contribution is -2.65.